The molecule has 7 nitrogen and oxygen atoms in total. The van der Waals surface area contributed by atoms with Crippen LogP contribution in [0, 0.1) is 0 Å². The minimum Gasteiger partial charge on any atom is -0.494 e. The number of methoxy groups -OCH3 is 2. The number of aliphatic hydroxyl groups is 1. The van der Waals surface area contributed by atoms with Crippen LogP contribution in [-0.4, -0.2) is 57.2 Å². The van der Waals surface area contributed by atoms with Crippen LogP contribution in [-0.2, 0) is 30.2 Å². The zero-order valence-electron chi connectivity index (χ0n) is 16.1. The number of carbonyl (C=O) groups excluding carboxylic acids is 2. The number of unbranched alkanes of at least 4 members (excludes halogenated alkanes) is 2. The Morgan fingerprint density at radius 1 is 0.963 bits per heavy atom. The highest BCUT2D eigenvalue weighted by Crippen LogP contribution is 2.15. The maximum atomic E-state index is 11.9. The van der Waals surface area contributed by atoms with Crippen molar-refractivity contribution in [2.24, 2.45) is 0 Å². The highest BCUT2D eigenvalue weighted by molar-refractivity contribution is 5.75. The van der Waals surface area contributed by atoms with Gasteiger partial charge in [0.25, 0.3) is 0 Å². The fourth-order valence-electron chi connectivity index (χ4n) is 2.40. The largest absolute Gasteiger partial charge is 0.494 e. The second kappa shape index (κ2) is 14.0. The summed E-state index contributed by atoms with van der Waals surface area (Å²) in [6, 6.07) is 7.40. The first kappa shape index (κ1) is 22.9. The molecule has 0 saturated heterocycles. The van der Waals surface area contributed by atoms with Crippen molar-refractivity contribution in [3.63, 3.8) is 0 Å². The Kier molecular flexibility index (Phi) is 11.9. The van der Waals surface area contributed by atoms with Crippen LogP contribution >= 0.6 is 0 Å². The van der Waals surface area contributed by atoms with Gasteiger partial charge in [0.2, 0.25) is 0 Å². The van der Waals surface area contributed by atoms with Gasteiger partial charge in [-0.25, -0.2) is 4.79 Å². The summed E-state index contributed by atoms with van der Waals surface area (Å²) in [5, 5.41) is 8.78. The lowest BCUT2D eigenvalue weighted by Gasteiger charge is -2.16. The summed E-state index contributed by atoms with van der Waals surface area (Å²) in [4.78, 5) is 22.9. The van der Waals surface area contributed by atoms with Gasteiger partial charge >= 0.3 is 11.9 Å². The van der Waals surface area contributed by atoms with Gasteiger partial charge in [-0.1, -0.05) is 12.1 Å². The molecule has 0 heterocycles. The molecular formula is C20H30O7. The second-order valence-corrected chi connectivity index (χ2v) is 6.04. The molecule has 152 valence electrons. The average Bonchev–Trinajstić information content (AvgIpc) is 2.70. The first-order valence-electron chi connectivity index (χ1n) is 9.19. The van der Waals surface area contributed by atoms with E-state index in [1.165, 1.54) is 14.2 Å². The van der Waals surface area contributed by atoms with E-state index in [1.54, 1.807) is 0 Å². The number of esters is 2. The third-order valence-corrected chi connectivity index (χ3v) is 3.95. The molecular weight excluding hydrogens is 352 g/mol. The van der Waals surface area contributed by atoms with Gasteiger partial charge in [-0.2, -0.15) is 0 Å². The Bertz CT molecular complexity index is 542. The average molecular weight is 382 g/mol. The monoisotopic (exact) mass is 382 g/mol. The molecule has 0 aliphatic heterocycles. The van der Waals surface area contributed by atoms with Crippen LogP contribution in [0.15, 0.2) is 24.3 Å². The number of carbonyl (C=O) groups is 2. The number of hydrogen-bond acceptors (Lipinski definition) is 7. The maximum absolute atomic E-state index is 11.9. The molecule has 1 N–H and O–H groups in total. The van der Waals surface area contributed by atoms with Crippen LogP contribution in [0.5, 0.6) is 5.75 Å². The molecule has 0 aliphatic rings. The summed E-state index contributed by atoms with van der Waals surface area (Å²) in [6.45, 7) is 1.04. The maximum Gasteiger partial charge on any atom is 0.335 e. The fourth-order valence-corrected chi connectivity index (χ4v) is 2.40. The van der Waals surface area contributed by atoms with Crippen LogP contribution in [0.4, 0.5) is 0 Å². The summed E-state index contributed by atoms with van der Waals surface area (Å²) in [7, 11) is 2.71. The van der Waals surface area contributed by atoms with E-state index in [9.17, 15) is 9.59 Å². The molecule has 0 amide bonds. The molecule has 0 bridgehead atoms. The van der Waals surface area contributed by atoms with Gasteiger partial charge in [0.1, 0.15) is 5.75 Å². The third kappa shape index (κ3) is 9.96. The zero-order valence-corrected chi connectivity index (χ0v) is 16.1. The molecule has 27 heavy (non-hydrogen) atoms. The van der Waals surface area contributed by atoms with Crippen molar-refractivity contribution in [3.8, 4) is 5.75 Å². The van der Waals surface area contributed by atoms with Crippen molar-refractivity contribution >= 4 is 11.9 Å². The second-order valence-electron chi connectivity index (χ2n) is 6.04. The van der Waals surface area contributed by atoms with E-state index in [-0.39, 0.29) is 12.6 Å². The van der Waals surface area contributed by atoms with Gasteiger partial charge in [-0.3, -0.25) is 4.79 Å². The smallest absolute Gasteiger partial charge is 0.335 e. The number of hydrogen-bond donors (Lipinski definition) is 1. The Morgan fingerprint density at radius 2 is 1.70 bits per heavy atom. The standard InChI is InChI=1S/C20H30O7/c1-24-19(22)7-6-14-26-17-10-8-16(9-11-17)15-18(20(23)25-2)27-13-5-3-4-12-21/h8-11,18,21H,3-7,12-15H2,1-2H3. The first-order valence-corrected chi connectivity index (χ1v) is 9.19. The Balaban J connectivity index is 2.44. The van der Waals surface area contributed by atoms with Crippen LogP contribution < -0.4 is 4.74 Å². The molecule has 1 aromatic carbocycles. The van der Waals surface area contributed by atoms with E-state index in [2.05, 4.69) is 4.74 Å². The van der Waals surface area contributed by atoms with Crippen molar-refractivity contribution in [1.82, 2.24) is 0 Å². The normalized spacial score (nSPS) is 11.7. The van der Waals surface area contributed by atoms with Crippen LogP contribution in [0.3, 0.4) is 0 Å². The predicted molar refractivity (Wildman–Crippen MR) is 99.6 cm³/mol. The summed E-state index contributed by atoms with van der Waals surface area (Å²) in [5.74, 6) is 0.0441. The van der Waals surface area contributed by atoms with E-state index < -0.39 is 12.1 Å². The van der Waals surface area contributed by atoms with Crippen molar-refractivity contribution in [2.45, 2.75) is 44.6 Å². The van der Waals surface area contributed by atoms with Crippen LogP contribution in [0.25, 0.3) is 0 Å². The molecule has 1 atom stereocenters. The van der Waals surface area contributed by atoms with E-state index in [1.807, 2.05) is 24.3 Å². The van der Waals surface area contributed by atoms with Crippen LogP contribution in [0.2, 0.25) is 0 Å². The molecule has 0 fully saturated rings. The molecule has 1 aromatic rings. The lowest BCUT2D eigenvalue weighted by Crippen LogP contribution is -2.28. The lowest BCUT2D eigenvalue weighted by atomic mass is 10.1. The molecule has 0 spiro atoms. The minimum absolute atomic E-state index is 0.164. The quantitative estimate of drug-likeness (QED) is 0.390. The van der Waals surface area contributed by atoms with E-state index >= 15 is 0 Å². The fraction of sp³-hybridized carbons (Fsp3) is 0.600. The van der Waals surface area contributed by atoms with Crippen molar-refractivity contribution in [1.29, 1.82) is 0 Å². The molecule has 1 unspecified atom stereocenters. The highest BCUT2D eigenvalue weighted by atomic mass is 16.6. The molecule has 0 aromatic heterocycles. The predicted octanol–water partition coefficient (Wildman–Crippen LogP) is 2.28. The molecule has 0 saturated carbocycles. The van der Waals surface area contributed by atoms with Gasteiger partial charge in [-0.05, 0) is 43.4 Å². The van der Waals surface area contributed by atoms with Crippen molar-refractivity contribution < 1.29 is 33.6 Å². The number of ether oxygens (including phenoxy) is 4. The molecule has 0 radical (unpaired) electrons. The lowest BCUT2D eigenvalue weighted by molar-refractivity contribution is -0.154. The highest BCUT2D eigenvalue weighted by Gasteiger charge is 2.20. The summed E-state index contributed by atoms with van der Waals surface area (Å²) >= 11 is 0. The van der Waals surface area contributed by atoms with Gasteiger partial charge < -0.3 is 24.1 Å². The third-order valence-electron chi connectivity index (χ3n) is 3.95. The SMILES string of the molecule is COC(=O)CCCOc1ccc(CC(OCCCCCO)C(=O)OC)cc1. The van der Waals surface area contributed by atoms with Gasteiger partial charge in [0.05, 0.1) is 20.8 Å². The Labute approximate surface area is 160 Å². The van der Waals surface area contributed by atoms with Gasteiger partial charge in [0, 0.05) is 26.1 Å². The number of rotatable bonds is 14. The van der Waals surface area contributed by atoms with E-state index in [4.69, 9.17) is 19.3 Å². The van der Waals surface area contributed by atoms with Gasteiger partial charge in [-0.15, -0.1) is 0 Å². The Hall–Kier alpha value is -2.12. The zero-order chi connectivity index (χ0) is 19.9. The molecule has 0 aliphatic carbocycles. The number of benzene rings is 1. The van der Waals surface area contributed by atoms with E-state index in [0.717, 1.165) is 24.8 Å². The van der Waals surface area contributed by atoms with Gasteiger partial charge in [0.15, 0.2) is 6.10 Å². The van der Waals surface area contributed by atoms with E-state index in [0.29, 0.717) is 38.2 Å². The first-order chi connectivity index (χ1) is 13.1. The topological polar surface area (TPSA) is 91.3 Å². The molecule has 7 heteroatoms. The van der Waals surface area contributed by atoms with Crippen molar-refractivity contribution in [2.75, 3.05) is 34.0 Å². The van der Waals surface area contributed by atoms with Crippen LogP contribution in [0.1, 0.15) is 37.7 Å². The molecule has 1 rings (SSSR count). The summed E-state index contributed by atoms with van der Waals surface area (Å²) in [6.07, 6.45) is 3.03. The Morgan fingerprint density at radius 3 is 2.33 bits per heavy atom. The number of aliphatic hydroxyl groups excluding tert-OH is 1. The minimum atomic E-state index is -0.657. The van der Waals surface area contributed by atoms with Crippen molar-refractivity contribution in [3.05, 3.63) is 29.8 Å². The summed E-state index contributed by atoms with van der Waals surface area (Å²) < 4.78 is 20.6. The summed E-state index contributed by atoms with van der Waals surface area (Å²) in [5.41, 5.74) is 0.933.